The minimum atomic E-state index is -0.572. The van der Waals surface area contributed by atoms with Crippen LogP contribution in [-0.2, 0) is 4.79 Å². The van der Waals surface area contributed by atoms with Crippen LogP contribution in [0.4, 0.5) is 5.69 Å². The van der Waals surface area contributed by atoms with Gasteiger partial charge in [-0.25, -0.2) is 4.99 Å². The van der Waals surface area contributed by atoms with E-state index in [2.05, 4.69) is 10.3 Å². The summed E-state index contributed by atoms with van der Waals surface area (Å²) in [6.45, 7) is -0.231. The Morgan fingerprint density at radius 3 is 2.85 bits per heavy atom. The van der Waals surface area contributed by atoms with E-state index in [1.54, 1.807) is 30.6 Å². The number of nitrogens with zero attached hydrogens (tertiary/aromatic N) is 2. The topological polar surface area (TPSA) is 110 Å². The molecule has 0 aliphatic heterocycles. The molecule has 20 heavy (non-hydrogen) atoms. The van der Waals surface area contributed by atoms with Gasteiger partial charge >= 0.3 is 0 Å². The monoisotopic (exact) mass is 294 g/mol. The summed E-state index contributed by atoms with van der Waals surface area (Å²) in [5.74, 6) is 0.242. The van der Waals surface area contributed by atoms with Crippen molar-refractivity contribution >= 4 is 28.5 Å². The third-order valence-corrected chi connectivity index (χ3v) is 2.68. The minimum Gasteiger partial charge on any atom is -0.493 e. The van der Waals surface area contributed by atoms with Gasteiger partial charge in [0.05, 0.1) is 12.8 Å². The number of nitrogens with two attached hydrogens (primary N) is 1. The Bertz CT molecular complexity index is 554. The number of aliphatic imine (C=N–C) groups is 1. The molecular weight excluding hydrogens is 280 g/mol. The van der Waals surface area contributed by atoms with Gasteiger partial charge in [0.1, 0.15) is 0 Å². The summed E-state index contributed by atoms with van der Waals surface area (Å²) < 4.78 is 10.4. The average molecular weight is 294 g/mol. The number of hydrogen-bond acceptors (Lipinski definition) is 6. The summed E-state index contributed by atoms with van der Waals surface area (Å²) in [6.07, 6.45) is 3.60. The molecule has 8 heteroatoms. The number of amides is 1. The summed E-state index contributed by atoms with van der Waals surface area (Å²) in [5, 5.41) is 11.5. The van der Waals surface area contributed by atoms with Crippen LogP contribution in [0.5, 0.6) is 11.5 Å². The molecule has 1 amide bonds. The molecule has 106 valence electrons. The van der Waals surface area contributed by atoms with Crippen molar-refractivity contribution in [1.29, 1.82) is 5.26 Å². The van der Waals surface area contributed by atoms with E-state index in [0.29, 0.717) is 22.4 Å². The number of benzene rings is 1. The fourth-order valence-corrected chi connectivity index (χ4v) is 1.63. The number of hydrogen-bond donors (Lipinski definition) is 2. The van der Waals surface area contributed by atoms with Crippen LogP contribution in [0.25, 0.3) is 0 Å². The lowest BCUT2D eigenvalue weighted by atomic mass is 10.3. The zero-order chi connectivity index (χ0) is 15.0. The molecule has 0 saturated heterocycles. The van der Waals surface area contributed by atoms with Crippen LogP contribution >= 0.6 is 11.8 Å². The first kappa shape index (κ1) is 15.7. The fourth-order valence-electron chi connectivity index (χ4n) is 1.28. The van der Waals surface area contributed by atoms with Gasteiger partial charge in [0.2, 0.25) is 0 Å². The van der Waals surface area contributed by atoms with Crippen molar-refractivity contribution in [3.8, 4) is 17.7 Å². The van der Waals surface area contributed by atoms with Gasteiger partial charge in [-0.05, 0) is 18.4 Å². The predicted octanol–water partition coefficient (Wildman–Crippen LogP) is 0.980. The molecular formula is C12H14N4O3S. The van der Waals surface area contributed by atoms with Crippen molar-refractivity contribution in [3.05, 3.63) is 18.2 Å². The molecule has 1 aromatic carbocycles. The maximum atomic E-state index is 10.7. The standard InChI is InChI=1S/C12H14N4O3S/c1-18-10-5-8(16-12(20-2)15-7-13)3-4-9(10)19-6-11(14)17/h3-5H,6H2,1-2H3,(H2,14,17)(H,15,16). The first-order valence-electron chi connectivity index (χ1n) is 5.47. The van der Waals surface area contributed by atoms with E-state index >= 15 is 0 Å². The van der Waals surface area contributed by atoms with Crippen LogP contribution in [0.1, 0.15) is 0 Å². The summed E-state index contributed by atoms with van der Waals surface area (Å²) in [4.78, 5) is 14.9. The van der Waals surface area contributed by atoms with Gasteiger partial charge in [-0.2, -0.15) is 5.26 Å². The number of nitriles is 1. The largest absolute Gasteiger partial charge is 0.493 e. The zero-order valence-electron chi connectivity index (χ0n) is 11.0. The lowest BCUT2D eigenvalue weighted by Crippen LogP contribution is -2.20. The summed E-state index contributed by atoms with van der Waals surface area (Å²) in [7, 11) is 1.48. The van der Waals surface area contributed by atoms with E-state index in [9.17, 15) is 4.79 Å². The Hall–Kier alpha value is -2.40. The summed E-state index contributed by atoms with van der Waals surface area (Å²) >= 11 is 1.30. The van der Waals surface area contributed by atoms with Crippen molar-refractivity contribution in [2.75, 3.05) is 20.0 Å². The van der Waals surface area contributed by atoms with Crippen molar-refractivity contribution in [1.82, 2.24) is 5.32 Å². The van der Waals surface area contributed by atoms with Gasteiger partial charge in [0, 0.05) is 6.07 Å². The molecule has 3 N–H and O–H groups in total. The Labute approximate surface area is 120 Å². The van der Waals surface area contributed by atoms with E-state index in [0.717, 1.165) is 0 Å². The highest BCUT2D eigenvalue weighted by atomic mass is 32.2. The maximum Gasteiger partial charge on any atom is 0.255 e. The molecule has 0 bridgehead atoms. The van der Waals surface area contributed by atoms with Gasteiger partial charge in [-0.3, -0.25) is 10.1 Å². The van der Waals surface area contributed by atoms with Crippen LogP contribution in [0.2, 0.25) is 0 Å². The molecule has 0 spiro atoms. The number of thioether (sulfide) groups is 1. The highest BCUT2D eigenvalue weighted by Gasteiger charge is 2.07. The number of rotatable bonds is 5. The van der Waals surface area contributed by atoms with Gasteiger partial charge in [0.25, 0.3) is 5.91 Å². The van der Waals surface area contributed by atoms with Crippen LogP contribution in [0.3, 0.4) is 0 Å². The molecule has 0 aromatic heterocycles. The van der Waals surface area contributed by atoms with E-state index < -0.39 is 5.91 Å². The average Bonchev–Trinajstić information content (AvgIpc) is 2.45. The molecule has 0 aliphatic carbocycles. The highest BCUT2D eigenvalue weighted by Crippen LogP contribution is 2.31. The lowest BCUT2D eigenvalue weighted by Gasteiger charge is -2.10. The Kier molecular flexibility index (Phi) is 6.19. The molecule has 1 aromatic rings. The third kappa shape index (κ3) is 4.70. The van der Waals surface area contributed by atoms with Crippen molar-refractivity contribution < 1.29 is 14.3 Å². The summed E-state index contributed by atoms with van der Waals surface area (Å²) in [6, 6.07) is 4.92. The second-order valence-electron chi connectivity index (χ2n) is 3.45. The Morgan fingerprint density at radius 1 is 1.55 bits per heavy atom. The third-order valence-electron chi connectivity index (χ3n) is 2.10. The molecule has 0 aliphatic rings. The number of ether oxygens (including phenoxy) is 2. The van der Waals surface area contributed by atoms with Crippen molar-refractivity contribution in [3.63, 3.8) is 0 Å². The zero-order valence-corrected chi connectivity index (χ0v) is 11.9. The van der Waals surface area contributed by atoms with E-state index in [4.69, 9.17) is 20.5 Å². The number of nitrogens with one attached hydrogen (secondary N) is 1. The number of carbonyl (C=O) groups is 1. The van der Waals surface area contributed by atoms with Crippen LogP contribution < -0.4 is 20.5 Å². The first-order chi connectivity index (χ1) is 9.60. The molecule has 0 unspecified atom stereocenters. The fraction of sp³-hybridized carbons (Fsp3) is 0.250. The second-order valence-corrected chi connectivity index (χ2v) is 4.24. The van der Waals surface area contributed by atoms with E-state index in [1.807, 2.05) is 0 Å². The molecule has 0 atom stereocenters. The quantitative estimate of drug-likeness (QED) is 0.362. The molecule has 0 fully saturated rings. The SMILES string of the molecule is COc1cc(N=C(NC#N)SC)ccc1OCC(N)=O. The van der Waals surface area contributed by atoms with Gasteiger partial charge in [-0.1, -0.05) is 11.8 Å². The molecule has 7 nitrogen and oxygen atoms in total. The maximum absolute atomic E-state index is 10.7. The van der Waals surface area contributed by atoms with Crippen molar-refractivity contribution in [2.45, 2.75) is 0 Å². The van der Waals surface area contributed by atoms with Crippen LogP contribution in [0.15, 0.2) is 23.2 Å². The van der Waals surface area contributed by atoms with Gasteiger partial charge in [0.15, 0.2) is 29.5 Å². The minimum absolute atomic E-state index is 0.231. The normalized spacial score (nSPS) is 10.6. The van der Waals surface area contributed by atoms with E-state index in [-0.39, 0.29) is 6.61 Å². The Morgan fingerprint density at radius 2 is 2.30 bits per heavy atom. The lowest BCUT2D eigenvalue weighted by molar-refractivity contribution is -0.119. The summed E-state index contributed by atoms with van der Waals surface area (Å²) in [5.41, 5.74) is 5.59. The number of amidine groups is 1. The van der Waals surface area contributed by atoms with Gasteiger partial charge in [-0.15, -0.1) is 0 Å². The predicted molar refractivity (Wildman–Crippen MR) is 77.0 cm³/mol. The number of primary amides is 1. The van der Waals surface area contributed by atoms with Crippen LogP contribution in [0, 0.1) is 11.5 Å². The number of methoxy groups -OCH3 is 1. The van der Waals surface area contributed by atoms with Crippen LogP contribution in [-0.4, -0.2) is 31.0 Å². The highest BCUT2D eigenvalue weighted by molar-refractivity contribution is 8.13. The number of carbonyl (C=O) groups excluding carboxylic acids is 1. The van der Waals surface area contributed by atoms with Gasteiger partial charge < -0.3 is 15.2 Å². The molecule has 1 rings (SSSR count). The van der Waals surface area contributed by atoms with E-state index in [1.165, 1.54) is 18.9 Å². The molecule has 0 radical (unpaired) electrons. The smallest absolute Gasteiger partial charge is 0.255 e. The second kappa shape index (κ2) is 7.91. The Balaban J connectivity index is 2.97. The first-order valence-corrected chi connectivity index (χ1v) is 6.70. The molecule has 0 heterocycles. The van der Waals surface area contributed by atoms with Crippen molar-refractivity contribution in [2.24, 2.45) is 10.7 Å². The molecule has 0 saturated carbocycles.